The highest BCUT2D eigenvalue weighted by Gasteiger charge is 2.31. The molecule has 1 aliphatic rings. The fraction of sp³-hybridized carbons (Fsp3) is 1.00. The smallest absolute Gasteiger partial charge is 0.0512 e. The van der Waals surface area contributed by atoms with Gasteiger partial charge in [0.05, 0.1) is 6.61 Å². The highest BCUT2D eigenvalue weighted by molar-refractivity contribution is 4.87. The summed E-state index contributed by atoms with van der Waals surface area (Å²) in [5, 5.41) is 13.0. The second-order valence-corrected chi connectivity index (χ2v) is 2.72. The van der Waals surface area contributed by atoms with Crippen LogP contribution in [-0.4, -0.2) is 31.3 Å². The van der Waals surface area contributed by atoms with E-state index in [2.05, 4.69) is 5.32 Å². The summed E-state index contributed by atoms with van der Waals surface area (Å²) in [5.41, 5.74) is 5.40. The van der Waals surface area contributed by atoms with Crippen LogP contribution in [-0.2, 0) is 0 Å². The Labute approximate surface area is 55.2 Å². The summed E-state index contributed by atoms with van der Waals surface area (Å²) in [4.78, 5) is 0. The van der Waals surface area contributed by atoms with E-state index in [-0.39, 0.29) is 12.0 Å². The van der Waals surface area contributed by atoms with Gasteiger partial charge < -0.3 is 10.8 Å². The summed E-state index contributed by atoms with van der Waals surface area (Å²) in [5.74, 6) is 0. The molecule has 0 saturated carbocycles. The first-order valence-electron chi connectivity index (χ1n) is 3.27. The summed E-state index contributed by atoms with van der Waals surface area (Å²) < 4.78 is 0. The molecule has 1 heterocycles. The minimum Gasteiger partial charge on any atom is -0.396 e. The molecule has 1 atom stereocenters. The summed E-state index contributed by atoms with van der Waals surface area (Å²) in [6.07, 6.45) is 0.958. The maximum absolute atomic E-state index is 8.88. The lowest BCUT2D eigenvalue weighted by Gasteiger charge is -2.21. The summed E-state index contributed by atoms with van der Waals surface area (Å²) in [6.45, 7) is 2.37. The summed E-state index contributed by atoms with van der Waals surface area (Å²) in [7, 11) is 0. The Morgan fingerprint density at radius 1 is 1.67 bits per heavy atom. The van der Waals surface area contributed by atoms with Crippen LogP contribution in [0.25, 0.3) is 0 Å². The average Bonchev–Trinajstić information content (AvgIpc) is 2.36. The molecule has 1 rings (SSSR count). The van der Waals surface area contributed by atoms with Crippen LogP contribution in [0.4, 0.5) is 0 Å². The van der Waals surface area contributed by atoms with Crippen molar-refractivity contribution in [3.63, 3.8) is 0 Å². The van der Waals surface area contributed by atoms with Crippen molar-refractivity contribution in [2.24, 2.45) is 11.1 Å². The highest BCUT2D eigenvalue weighted by Crippen LogP contribution is 2.23. The van der Waals surface area contributed by atoms with Crippen LogP contribution in [0, 0.1) is 5.41 Å². The van der Waals surface area contributed by atoms with Gasteiger partial charge >= 0.3 is 0 Å². The monoisotopic (exact) mass is 129 g/mol. The molecule has 9 heavy (non-hydrogen) atoms. The van der Waals surface area contributed by atoms with E-state index in [1.165, 1.54) is 0 Å². The van der Waals surface area contributed by atoms with Crippen LogP contribution in [0.1, 0.15) is 6.42 Å². The van der Waals surface area contributed by atoms with Gasteiger partial charge in [-0.05, 0) is 6.42 Å². The van der Waals surface area contributed by atoms with Crippen LogP contribution in [0.3, 0.4) is 0 Å². The van der Waals surface area contributed by atoms with Crippen molar-refractivity contribution >= 4 is 0 Å². The zero-order chi connectivity index (χ0) is 6.74. The zero-order valence-corrected chi connectivity index (χ0v) is 5.51. The van der Waals surface area contributed by atoms with E-state index >= 15 is 0 Å². The number of aliphatic hydroxyl groups is 1. The largest absolute Gasteiger partial charge is 0.396 e. The number of rotatable bonds is 2. The van der Waals surface area contributed by atoms with Crippen LogP contribution in [0.15, 0.2) is 0 Å². The van der Waals surface area contributed by atoms with Crippen molar-refractivity contribution in [2.45, 2.75) is 6.42 Å². The van der Waals surface area contributed by atoms with Crippen molar-refractivity contribution in [3.8, 4) is 0 Å². The molecule has 0 spiro atoms. The lowest BCUT2D eigenvalue weighted by atomic mass is 9.89. The lowest BCUT2D eigenvalue weighted by molar-refractivity contribution is 0.150. The SMILES string of the molecule is NCC1(CO)CC[N]C1. The van der Waals surface area contributed by atoms with Crippen molar-refractivity contribution in [1.29, 1.82) is 0 Å². The molecule has 1 unspecified atom stereocenters. The van der Waals surface area contributed by atoms with Gasteiger partial charge in [0.15, 0.2) is 0 Å². The second kappa shape index (κ2) is 2.64. The van der Waals surface area contributed by atoms with Gasteiger partial charge in [-0.25, -0.2) is 5.32 Å². The Morgan fingerprint density at radius 2 is 2.44 bits per heavy atom. The highest BCUT2D eigenvalue weighted by atomic mass is 16.3. The van der Waals surface area contributed by atoms with Crippen molar-refractivity contribution < 1.29 is 5.11 Å². The molecule has 1 aliphatic heterocycles. The van der Waals surface area contributed by atoms with E-state index in [1.807, 2.05) is 0 Å². The molecule has 0 aromatic rings. The predicted octanol–water partition coefficient (Wildman–Crippen LogP) is -1.07. The quantitative estimate of drug-likeness (QED) is 0.499. The number of hydrogen-bond acceptors (Lipinski definition) is 2. The van der Waals surface area contributed by atoms with E-state index in [9.17, 15) is 0 Å². The molecule has 0 aromatic heterocycles. The van der Waals surface area contributed by atoms with E-state index in [4.69, 9.17) is 10.8 Å². The molecular formula is C6H13N2O. The van der Waals surface area contributed by atoms with Gasteiger partial charge in [0, 0.05) is 25.0 Å². The Morgan fingerprint density at radius 3 is 2.67 bits per heavy atom. The fourth-order valence-corrected chi connectivity index (χ4v) is 1.07. The third-order valence-electron chi connectivity index (χ3n) is 2.02. The van der Waals surface area contributed by atoms with E-state index in [0.29, 0.717) is 6.54 Å². The predicted molar refractivity (Wildman–Crippen MR) is 35.1 cm³/mol. The molecule has 1 radical (unpaired) electrons. The number of nitrogens with two attached hydrogens (primary N) is 1. The lowest BCUT2D eigenvalue weighted by Crippen LogP contribution is -2.35. The van der Waals surface area contributed by atoms with Gasteiger partial charge in [-0.3, -0.25) is 0 Å². The number of hydrogen-bond donors (Lipinski definition) is 2. The van der Waals surface area contributed by atoms with Gasteiger partial charge in [0.25, 0.3) is 0 Å². The van der Waals surface area contributed by atoms with Crippen molar-refractivity contribution in [1.82, 2.24) is 5.32 Å². The minimum absolute atomic E-state index is 0.0556. The maximum atomic E-state index is 8.88. The summed E-state index contributed by atoms with van der Waals surface area (Å²) >= 11 is 0. The van der Waals surface area contributed by atoms with Crippen LogP contribution in [0.2, 0.25) is 0 Å². The van der Waals surface area contributed by atoms with E-state index < -0.39 is 0 Å². The minimum atomic E-state index is -0.0556. The molecule has 0 aromatic carbocycles. The van der Waals surface area contributed by atoms with Crippen LogP contribution in [0.5, 0.6) is 0 Å². The van der Waals surface area contributed by atoms with Crippen molar-refractivity contribution in [2.75, 3.05) is 26.2 Å². The first-order valence-corrected chi connectivity index (χ1v) is 3.27. The topological polar surface area (TPSA) is 60.4 Å². The molecule has 0 amide bonds. The number of aliphatic hydroxyl groups excluding tert-OH is 1. The third kappa shape index (κ3) is 1.23. The van der Waals surface area contributed by atoms with Gasteiger partial charge in [0.2, 0.25) is 0 Å². The van der Waals surface area contributed by atoms with E-state index in [1.54, 1.807) is 0 Å². The van der Waals surface area contributed by atoms with Gasteiger partial charge in [0.1, 0.15) is 0 Å². The molecule has 0 aliphatic carbocycles. The first-order chi connectivity index (χ1) is 4.33. The fourth-order valence-electron chi connectivity index (χ4n) is 1.07. The molecule has 53 valence electrons. The maximum Gasteiger partial charge on any atom is 0.0512 e. The Balaban J connectivity index is 2.45. The summed E-state index contributed by atoms with van der Waals surface area (Å²) in [6, 6.07) is 0. The van der Waals surface area contributed by atoms with Gasteiger partial charge in [-0.15, -0.1) is 0 Å². The Hall–Kier alpha value is -0.120. The van der Waals surface area contributed by atoms with Crippen LogP contribution >= 0.6 is 0 Å². The Kier molecular flexibility index (Phi) is 2.05. The van der Waals surface area contributed by atoms with Gasteiger partial charge in [-0.2, -0.15) is 0 Å². The molecule has 1 fully saturated rings. The van der Waals surface area contributed by atoms with E-state index in [0.717, 1.165) is 19.5 Å². The molecule has 3 heteroatoms. The second-order valence-electron chi connectivity index (χ2n) is 2.72. The zero-order valence-electron chi connectivity index (χ0n) is 5.51. The third-order valence-corrected chi connectivity index (χ3v) is 2.02. The standard InChI is InChI=1S/C6H13N2O/c7-3-6(5-9)1-2-8-4-6/h9H,1-5,7H2. The molecular weight excluding hydrogens is 116 g/mol. The van der Waals surface area contributed by atoms with Gasteiger partial charge in [-0.1, -0.05) is 0 Å². The number of nitrogens with zero attached hydrogens (tertiary/aromatic N) is 1. The average molecular weight is 129 g/mol. The molecule has 0 bridgehead atoms. The van der Waals surface area contributed by atoms with Crippen molar-refractivity contribution in [3.05, 3.63) is 0 Å². The molecule has 3 nitrogen and oxygen atoms in total. The Bertz CT molecular complexity index is 83.1. The normalized spacial score (nSPS) is 35.3. The molecule has 1 saturated heterocycles. The molecule has 3 N–H and O–H groups in total. The van der Waals surface area contributed by atoms with Crippen LogP contribution < -0.4 is 11.1 Å². The first kappa shape index (κ1) is 6.99.